The lowest BCUT2D eigenvalue weighted by atomic mass is 10.1. The summed E-state index contributed by atoms with van der Waals surface area (Å²) in [5.74, 6) is 0. The van der Waals surface area contributed by atoms with E-state index in [4.69, 9.17) is 0 Å². The van der Waals surface area contributed by atoms with Gasteiger partial charge in [0.1, 0.15) is 0 Å². The molecular formula is C16H15N. The summed E-state index contributed by atoms with van der Waals surface area (Å²) < 4.78 is 0. The van der Waals surface area contributed by atoms with Crippen molar-refractivity contribution in [1.82, 2.24) is 4.98 Å². The van der Waals surface area contributed by atoms with Crippen LogP contribution in [-0.4, -0.2) is 4.98 Å². The van der Waals surface area contributed by atoms with Crippen LogP contribution >= 0.6 is 0 Å². The highest BCUT2D eigenvalue weighted by atomic mass is 14.7. The number of nitrogens with one attached hydrogen (secondary N) is 1. The van der Waals surface area contributed by atoms with E-state index in [0.717, 1.165) is 0 Å². The molecule has 0 spiro atoms. The van der Waals surface area contributed by atoms with Crippen molar-refractivity contribution in [3.8, 4) is 11.3 Å². The second kappa shape index (κ2) is 3.77. The fourth-order valence-corrected chi connectivity index (χ4v) is 2.28. The van der Waals surface area contributed by atoms with Crippen LogP contribution in [0.1, 0.15) is 11.1 Å². The number of aromatic amines is 1. The first-order valence-corrected chi connectivity index (χ1v) is 5.89. The highest BCUT2D eigenvalue weighted by Gasteiger charge is 2.04. The van der Waals surface area contributed by atoms with E-state index in [1.54, 1.807) is 0 Å². The smallest absolute Gasteiger partial charge is 0.0488 e. The molecule has 1 nitrogen and oxygen atoms in total. The summed E-state index contributed by atoms with van der Waals surface area (Å²) >= 11 is 0. The minimum atomic E-state index is 1.19. The van der Waals surface area contributed by atoms with Crippen molar-refractivity contribution in [2.24, 2.45) is 0 Å². The van der Waals surface area contributed by atoms with Crippen LogP contribution in [0.15, 0.2) is 48.5 Å². The number of aryl methyl sites for hydroxylation is 2. The molecule has 0 atom stereocenters. The minimum Gasteiger partial charge on any atom is -0.354 e. The number of H-pyrrole nitrogens is 1. The Morgan fingerprint density at radius 2 is 1.71 bits per heavy atom. The summed E-state index contributed by atoms with van der Waals surface area (Å²) in [7, 11) is 0. The highest BCUT2D eigenvalue weighted by molar-refractivity contribution is 5.88. The molecule has 1 heterocycles. The van der Waals surface area contributed by atoms with Crippen molar-refractivity contribution in [3.05, 3.63) is 59.7 Å². The second-order valence-electron chi connectivity index (χ2n) is 4.59. The summed E-state index contributed by atoms with van der Waals surface area (Å²) in [6.07, 6.45) is 0. The Labute approximate surface area is 101 Å². The molecule has 0 bridgehead atoms. The van der Waals surface area contributed by atoms with Gasteiger partial charge < -0.3 is 4.98 Å². The van der Waals surface area contributed by atoms with Crippen molar-refractivity contribution < 1.29 is 0 Å². The number of rotatable bonds is 1. The van der Waals surface area contributed by atoms with E-state index in [2.05, 4.69) is 67.4 Å². The van der Waals surface area contributed by atoms with Crippen LogP contribution in [0.25, 0.3) is 22.2 Å². The molecule has 3 rings (SSSR count). The zero-order chi connectivity index (χ0) is 11.8. The molecule has 0 saturated carbocycles. The van der Waals surface area contributed by atoms with Crippen molar-refractivity contribution in [1.29, 1.82) is 0 Å². The van der Waals surface area contributed by atoms with E-state index >= 15 is 0 Å². The largest absolute Gasteiger partial charge is 0.354 e. The molecule has 0 radical (unpaired) electrons. The van der Waals surface area contributed by atoms with Crippen molar-refractivity contribution in [2.45, 2.75) is 13.8 Å². The van der Waals surface area contributed by atoms with Gasteiger partial charge in [-0.3, -0.25) is 0 Å². The maximum Gasteiger partial charge on any atom is 0.0488 e. The molecule has 0 amide bonds. The van der Waals surface area contributed by atoms with Gasteiger partial charge in [0, 0.05) is 16.6 Å². The predicted octanol–water partition coefficient (Wildman–Crippen LogP) is 4.45. The zero-order valence-corrected chi connectivity index (χ0v) is 10.1. The summed E-state index contributed by atoms with van der Waals surface area (Å²) in [5.41, 5.74) is 6.27. The van der Waals surface area contributed by atoms with Gasteiger partial charge in [-0.25, -0.2) is 0 Å². The Morgan fingerprint density at radius 1 is 0.882 bits per heavy atom. The fourth-order valence-electron chi connectivity index (χ4n) is 2.28. The lowest BCUT2D eigenvalue weighted by Gasteiger charge is -1.99. The van der Waals surface area contributed by atoms with E-state index in [1.165, 1.54) is 33.3 Å². The van der Waals surface area contributed by atoms with Crippen LogP contribution in [0, 0.1) is 13.8 Å². The molecule has 2 aromatic carbocycles. The summed E-state index contributed by atoms with van der Waals surface area (Å²) in [5, 5.41) is 1.28. The molecular weight excluding hydrogens is 206 g/mol. The first-order chi connectivity index (χ1) is 8.24. The van der Waals surface area contributed by atoms with E-state index in [9.17, 15) is 0 Å². The predicted molar refractivity (Wildman–Crippen MR) is 73.2 cm³/mol. The lowest BCUT2D eigenvalue weighted by molar-refractivity contribution is 1.39. The molecule has 0 aliphatic carbocycles. The van der Waals surface area contributed by atoms with Crippen LogP contribution in [0.2, 0.25) is 0 Å². The SMILES string of the molecule is Cc1cccc(-c2cc3cccc(C)c3[nH]2)c1. The van der Waals surface area contributed by atoms with Gasteiger partial charge in [-0.1, -0.05) is 42.0 Å². The third kappa shape index (κ3) is 1.74. The summed E-state index contributed by atoms with van der Waals surface area (Å²) in [6, 6.07) is 17.2. The van der Waals surface area contributed by atoms with Gasteiger partial charge in [-0.15, -0.1) is 0 Å². The van der Waals surface area contributed by atoms with Gasteiger partial charge in [-0.2, -0.15) is 0 Å². The molecule has 0 saturated heterocycles. The highest BCUT2D eigenvalue weighted by Crippen LogP contribution is 2.26. The summed E-state index contributed by atoms with van der Waals surface area (Å²) in [4.78, 5) is 3.51. The average molecular weight is 221 g/mol. The quantitative estimate of drug-likeness (QED) is 0.624. The van der Waals surface area contributed by atoms with Gasteiger partial charge in [0.05, 0.1) is 0 Å². The number of hydrogen-bond acceptors (Lipinski definition) is 0. The Balaban J connectivity index is 2.22. The Hall–Kier alpha value is -2.02. The van der Waals surface area contributed by atoms with E-state index in [-0.39, 0.29) is 0 Å². The van der Waals surface area contributed by atoms with Gasteiger partial charge in [0.2, 0.25) is 0 Å². The summed E-state index contributed by atoms with van der Waals surface area (Å²) in [6.45, 7) is 4.26. The monoisotopic (exact) mass is 221 g/mol. The second-order valence-corrected chi connectivity index (χ2v) is 4.59. The molecule has 0 unspecified atom stereocenters. The Kier molecular flexibility index (Phi) is 2.25. The molecule has 1 N–H and O–H groups in total. The third-order valence-electron chi connectivity index (χ3n) is 3.19. The molecule has 0 aliphatic heterocycles. The first-order valence-electron chi connectivity index (χ1n) is 5.89. The Bertz CT molecular complexity index is 677. The standard InChI is InChI=1S/C16H15N/c1-11-5-3-7-13(9-11)15-10-14-8-4-6-12(2)16(14)17-15/h3-10,17H,1-2H3. The van der Waals surface area contributed by atoms with E-state index < -0.39 is 0 Å². The van der Waals surface area contributed by atoms with Crippen LogP contribution < -0.4 is 0 Å². The van der Waals surface area contributed by atoms with Crippen molar-refractivity contribution >= 4 is 10.9 Å². The van der Waals surface area contributed by atoms with Gasteiger partial charge in [0.15, 0.2) is 0 Å². The molecule has 0 fully saturated rings. The minimum absolute atomic E-state index is 1.19. The molecule has 3 aromatic rings. The third-order valence-corrected chi connectivity index (χ3v) is 3.19. The van der Waals surface area contributed by atoms with E-state index in [0.29, 0.717) is 0 Å². The number of aromatic nitrogens is 1. The van der Waals surface area contributed by atoms with Gasteiger partial charge in [-0.05, 0) is 37.1 Å². The van der Waals surface area contributed by atoms with Gasteiger partial charge >= 0.3 is 0 Å². The number of benzene rings is 2. The van der Waals surface area contributed by atoms with Gasteiger partial charge in [0.25, 0.3) is 0 Å². The van der Waals surface area contributed by atoms with Crippen molar-refractivity contribution in [3.63, 3.8) is 0 Å². The van der Waals surface area contributed by atoms with Crippen LogP contribution in [0.3, 0.4) is 0 Å². The zero-order valence-electron chi connectivity index (χ0n) is 10.1. The molecule has 1 aromatic heterocycles. The number of para-hydroxylation sites is 1. The van der Waals surface area contributed by atoms with Crippen molar-refractivity contribution in [2.75, 3.05) is 0 Å². The molecule has 17 heavy (non-hydrogen) atoms. The maximum atomic E-state index is 3.51. The van der Waals surface area contributed by atoms with Crippen LogP contribution in [-0.2, 0) is 0 Å². The normalized spacial score (nSPS) is 10.9. The number of hydrogen-bond donors (Lipinski definition) is 1. The molecule has 84 valence electrons. The van der Waals surface area contributed by atoms with E-state index in [1.807, 2.05) is 0 Å². The van der Waals surface area contributed by atoms with Crippen LogP contribution in [0.4, 0.5) is 0 Å². The molecule has 1 heteroatoms. The Morgan fingerprint density at radius 3 is 2.47 bits per heavy atom. The molecule has 0 aliphatic rings. The maximum absolute atomic E-state index is 3.51. The fraction of sp³-hybridized carbons (Fsp3) is 0.125. The average Bonchev–Trinajstić information content (AvgIpc) is 2.74. The lowest BCUT2D eigenvalue weighted by Crippen LogP contribution is -1.79. The first kappa shape index (κ1) is 10.2. The number of fused-ring (bicyclic) bond motifs is 1. The van der Waals surface area contributed by atoms with Crippen LogP contribution in [0.5, 0.6) is 0 Å². The topological polar surface area (TPSA) is 15.8 Å².